The van der Waals surface area contributed by atoms with Crippen molar-refractivity contribution in [3.63, 3.8) is 0 Å². The molecule has 1 aromatic rings. The Morgan fingerprint density at radius 2 is 2.33 bits per heavy atom. The van der Waals surface area contributed by atoms with Crippen molar-refractivity contribution in [1.82, 2.24) is 4.90 Å². The predicted molar refractivity (Wildman–Crippen MR) is 52.8 cm³/mol. The normalized spacial score (nSPS) is 23.3. The van der Waals surface area contributed by atoms with E-state index in [4.69, 9.17) is 4.74 Å². The second-order valence-corrected chi connectivity index (χ2v) is 3.87. The van der Waals surface area contributed by atoms with Crippen molar-refractivity contribution in [2.75, 3.05) is 6.54 Å². The molecule has 2 heterocycles. The Hall–Kier alpha value is -1.71. The molecule has 0 saturated carbocycles. The predicted octanol–water partition coefficient (Wildman–Crippen LogP) is 1.35. The SMILES string of the molecule is O=C1c2cccc(O)c2OC2CCCN12. The van der Waals surface area contributed by atoms with Crippen molar-refractivity contribution in [2.24, 2.45) is 0 Å². The molecule has 1 fully saturated rings. The topological polar surface area (TPSA) is 49.8 Å². The zero-order chi connectivity index (χ0) is 10.4. The first-order valence-electron chi connectivity index (χ1n) is 5.07. The lowest BCUT2D eigenvalue weighted by Gasteiger charge is -2.31. The number of nitrogens with zero attached hydrogens (tertiary/aromatic N) is 1. The van der Waals surface area contributed by atoms with Gasteiger partial charge in [-0.25, -0.2) is 0 Å². The largest absolute Gasteiger partial charge is 0.504 e. The highest BCUT2D eigenvalue weighted by molar-refractivity contribution is 5.99. The number of fused-ring (bicyclic) bond motifs is 2. The average molecular weight is 205 g/mol. The van der Waals surface area contributed by atoms with Crippen LogP contribution in [0.3, 0.4) is 0 Å². The number of amides is 1. The molecule has 1 amide bonds. The number of hydrogen-bond donors (Lipinski definition) is 1. The summed E-state index contributed by atoms with van der Waals surface area (Å²) in [6.45, 7) is 0.749. The molecule has 1 saturated heterocycles. The minimum atomic E-state index is -0.182. The highest BCUT2D eigenvalue weighted by Gasteiger charge is 2.37. The standard InChI is InChI=1S/C11H11NO3/c13-8-4-1-3-7-10(8)15-9-5-2-6-12(9)11(7)14/h1,3-4,9,13H,2,5-6H2. The molecule has 2 aliphatic heterocycles. The number of ether oxygens (including phenoxy) is 1. The summed E-state index contributed by atoms with van der Waals surface area (Å²) in [4.78, 5) is 13.7. The lowest BCUT2D eigenvalue weighted by molar-refractivity contribution is 0.0280. The van der Waals surface area contributed by atoms with E-state index in [9.17, 15) is 9.90 Å². The average Bonchev–Trinajstić information content (AvgIpc) is 2.68. The number of phenolic OH excluding ortho intramolecular Hbond substituents is 1. The summed E-state index contributed by atoms with van der Waals surface area (Å²) in [6.07, 6.45) is 1.63. The Labute approximate surface area is 87.1 Å². The van der Waals surface area contributed by atoms with Crippen LogP contribution in [0.1, 0.15) is 23.2 Å². The number of para-hydroxylation sites is 1. The van der Waals surface area contributed by atoms with E-state index in [1.54, 1.807) is 17.0 Å². The minimum Gasteiger partial charge on any atom is -0.504 e. The number of hydrogen-bond acceptors (Lipinski definition) is 3. The van der Waals surface area contributed by atoms with Crippen LogP contribution in [-0.4, -0.2) is 28.7 Å². The van der Waals surface area contributed by atoms with E-state index in [1.165, 1.54) is 6.07 Å². The van der Waals surface area contributed by atoms with Crippen LogP contribution in [0.25, 0.3) is 0 Å². The molecule has 15 heavy (non-hydrogen) atoms. The van der Waals surface area contributed by atoms with E-state index in [0.717, 1.165) is 19.4 Å². The van der Waals surface area contributed by atoms with E-state index in [1.807, 2.05) is 0 Å². The van der Waals surface area contributed by atoms with Crippen LogP contribution in [0.4, 0.5) is 0 Å². The molecule has 0 bridgehead atoms. The third kappa shape index (κ3) is 1.11. The Bertz CT molecular complexity index is 430. The Morgan fingerprint density at radius 1 is 1.47 bits per heavy atom. The smallest absolute Gasteiger partial charge is 0.260 e. The number of rotatable bonds is 0. The van der Waals surface area contributed by atoms with Gasteiger partial charge >= 0.3 is 0 Å². The minimum absolute atomic E-state index is 0.0327. The summed E-state index contributed by atoms with van der Waals surface area (Å²) in [7, 11) is 0. The van der Waals surface area contributed by atoms with Crippen LogP contribution >= 0.6 is 0 Å². The van der Waals surface area contributed by atoms with Crippen LogP contribution < -0.4 is 4.74 Å². The van der Waals surface area contributed by atoms with Gasteiger partial charge in [-0.3, -0.25) is 4.79 Å². The number of carbonyl (C=O) groups is 1. The van der Waals surface area contributed by atoms with E-state index in [2.05, 4.69) is 0 Å². The fraction of sp³-hybridized carbons (Fsp3) is 0.364. The number of phenols is 1. The molecule has 1 aromatic carbocycles. The van der Waals surface area contributed by atoms with Gasteiger partial charge in [-0.2, -0.15) is 0 Å². The van der Waals surface area contributed by atoms with Gasteiger partial charge < -0.3 is 14.7 Å². The fourth-order valence-electron chi connectivity index (χ4n) is 2.20. The monoisotopic (exact) mass is 205 g/mol. The molecular formula is C11H11NO3. The van der Waals surface area contributed by atoms with Gasteiger partial charge in [0.05, 0.1) is 5.56 Å². The molecule has 78 valence electrons. The summed E-state index contributed by atoms with van der Waals surface area (Å²) < 4.78 is 5.61. The summed E-state index contributed by atoms with van der Waals surface area (Å²) in [5.74, 6) is 0.354. The van der Waals surface area contributed by atoms with E-state index >= 15 is 0 Å². The van der Waals surface area contributed by atoms with E-state index in [0.29, 0.717) is 11.3 Å². The van der Waals surface area contributed by atoms with Crippen molar-refractivity contribution < 1.29 is 14.6 Å². The van der Waals surface area contributed by atoms with Crippen LogP contribution in [0.15, 0.2) is 18.2 Å². The highest BCUT2D eigenvalue weighted by atomic mass is 16.5. The third-order valence-corrected chi connectivity index (χ3v) is 2.94. The van der Waals surface area contributed by atoms with Crippen molar-refractivity contribution in [1.29, 1.82) is 0 Å². The molecule has 1 unspecified atom stereocenters. The van der Waals surface area contributed by atoms with Crippen molar-refractivity contribution >= 4 is 5.91 Å². The number of aromatic hydroxyl groups is 1. The molecule has 4 nitrogen and oxygen atoms in total. The summed E-state index contributed by atoms with van der Waals surface area (Å²) >= 11 is 0. The first-order chi connectivity index (χ1) is 7.27. The highest BCUT2D eigenvalue weighted by Crippen LogP contribution is 2.38. The second kappa shape index (κ2) is 2.89. The molecule has 2 aliphatic rings. The molecule has 0 spiro atoms. The maximum Gasteiger partial charge on any atom is 0.260 e. The van der Waals surface area contributed by atoms with Crippen LogP contribution in [0.2, 0.25) is 0 Å². The lowest BCUT2D eigenvalue weighted by Crippen LogP contribution is -2.42. The van der Waals surface area contributed by atoms with Crippen molar-refractivity contribution in [2.45, 2.75) is 19.1 Å². The quantitative estimate of drug-likeness (QED) is 0.695. The van der Waals surface area contributed by atoms with Crippen LogP contribution in [0.5, 0.6) is 11.5 Å². The second-order valence-electron chi connectivity index (χ2n) is 3.87. The molecule has 1 atom stereocenters. The molecule has 0 radical (unpaired) electrons. The third-order valence-electron chi connectivity index (χ3n) is 2.94. The van der Waals surface area contributed by atoms with Gasteiger partial charge in [-0.15, -0.1) is 0 Å². The van der Waals surface area contributed by atoms with Gasteiger partial charge in [-0.05, 0) is 18.6 Å². The van der Waals surface area contributed by atoms with Gasteiger partial charge in [0.25, 0.3) is 5.91 Å². The lowest BCUT2D eigenvalue weighted by atomic mass is 10.1. The maximum atomic E-state index is 12.0. The number of benzene rings is 1. The van der Waals surface area contributed by atoms with Crippen molar-refractivity contribution in [3.8, 4) is 11.5 Å². The van der Waals surface area contributed by atoms with Gasteiger partial charge in [-0.1, -0.05) is 6.07 Å². The van der Waals surface area contributed by atoms with Crippen LogP contribution in [0, 0.1) is 0 Å². The van der Waals surface area contributed by atoms with Gasteiger partial charge in [0.1, 0.15) is 0 Å². The Balaban J connectivity index is 2.12. The zero-order valence-corrected chi connectivity index (χ0v) is 8.14. The van der Waals surface area contributed by atoms with Crippen molar-refractivity contribution in [3.05, 3.63) is 23.8 Å². The maximum absolute atomic E-state index is 12.0. The molecule has 3 rings (SSSR count). The van der Waals surface area contributed by atoms with E-state index in [-0.39, 0.29) is 17.9 Å². The fourth-order valence-corrected chi connectivity index (χ4v) is 2.20. The molecular weight excluding hydrogens is 194 g/mol. The Morgan fingerprint density at radius 3 is 3.20 bits per heavy atom. The molecule has 1 N–H and O–H groups in total. The van der Waals surface area contributed by atoms with Gasteiger partial charge in [0.15, 0.2) is 17.7 Å². The first-order valence-corrected chi connectivity index (χ1v) is 5.07. The molecule has 0 aromatic heterocycles. The first kappa shape index (κ1) is 8.59. The zero-order valence-electron chi connectivity index (χ0n) is 8.14. The molecule has 4 heteroatoms. The summed E-state index contributed by atoms with van der Waals surface area (Å²) in [6, 6.07) is 4.88. The summed E-state index contributed by atoms with van der Waals surface area (Å²) in [5, 5.41) is 9.60. The number of carbonyl (C=O) groups excluding carboxylic acids is 1. The van der Waals surface area contributed by atoms with Gasteiger partial charge in [0, 0.05) is 13.0 Å². The van der Waals surface area contributed by atoms with Crippen LogP contribution in [-0.2, 0) is 0 Å². The Kier molecular flexibility index (Phi) is 1.65. The summed E-state index contributed by atoms with van der Waals surface area (Å²) in [5.41, 5.74) is 0.466. The van der Waals surface area contributed by atoms with E-state index < -0.39 is 0 Å². The van der Waals surface area contributed by atoms with Gasteiger partial charge in [0.2, 0.25) is 0 Å². The molecule has 0 aliphatic carbocycles.